The Morgan fingerprint density at radius 3 is 2.45 bits per heavy atom. The number of halogens is 2. The second kappa shape index (κ2) is 6.35. The van der Waals surface area contributed by atoms with Crippen molar-refractivity contribution < 1.29 is 18.7 Å². The lowest BCUT2D eigenvalue weighted by Gasteiger charge is -2.22. The van der Waals surface area contributed by atoms with E-state index in [4.69, 9.17) is 4.74 Å². The first-order valence-electron chi connectivity index (χ1n) is 6.09. The second-order valence-corrected chi connectivity index (χ2v) is 6.18. The molecule has 1 rings (SSSR count). The molecule has 1 N–H and O–H groups in total. The number of benzene rings is 1. The number of amides is 1. The molecule has 1 aromatic rings. The minimum absolute atomic E-state index is 0.136. The molecule has 0 saturated heterocycles. The van der Waals surface area contributed by atoms with Gasteiger partial charge in [-0.15, -0.1) is 0 Å². The maximum absolute atomic E-state index is 13.6. The average molecular weight is 346 g/mol. The van der Waals surface area contributed by atoms with E-state index in [1.165, 1.54) is 19.1 Å². The molecule has 1 aromatic carbocycles. The van der Waals surface area contributed by atoms with Crippen LogP contribution in [0, 0.1) is 5.82 Å². The molecule has 0 radical (unpaired) electrons. The van der Waals surface area contributed by atoms with Crippen LogP contribution in [0.5, 0.6) is 0 Å². The van der Waals surface area contributed by atoms with E-state index in [9.17, 15) is 14.0 Å². The maximum Gasteiger partial charge on any atom is 0.328 e. The molecule has 0 aromatic heterocycles. The van der Waals surface area contributed by atoms with Gasteiger partial charge in [0.15, 0.2) is 0 Å². The third-order valence-corrected chi connectivity index (χ3v) is 2.96. The Balaban J connectivity index is 2.78. The number of hydrogen-bond acceptors (Lipinski definition) is 3. The topological polar surface area (TPSA) is 55.4 Å². The van der Waals surface area contributed by atoms with Crippen molar-refractivity contribution >= 4 is 27.8 Å². The van der Waals surface area contributed by atoms with Gasteiger partial charge in [-0.3, -0.25) is 4.79 Å². The van der Waals surface area contributed by atoms with E-state index in [1.807, 2.05) is 0 Å². The molecule has 1 atom stereocenters. The normalized spacial score (nSPS) is 12.7. The van der Waals surface area contributed by atoms with Crippen LogP contribution in [-0.2, 0) is 9.53 Å². The molecule has 0 aliphatic heterocycles. The van der Waals surface area contributed by atoms with E-state index in [1.54, 1.807) is 26.8 Å². The minimum Gasteiger partial charge on any atom is -0.458 e. The monoisotopic (exact) mass is 345 g/mol. The molecule has 20 heavy (non-hydrogen) atoms. The van der Waals surface area contributed by atoms with Crippen molar-refractivity contribution in [3.8, 4) is 0 Å². The van der Waals surface area contributed by atoms with Crippen LogP contribution in [0.1, 0.15) is 38.1 Å². The Morgan fingerprint density at radius 1 is 1.35 bits per heavy atom. The zero-order valence-electron chi connectivity index (χ0n) is 11.8. The molecule has 0 saturated carbocycles. The SMILES string of the molecule is C[C@H](NC(=O)c1c(F)cccc1Br)C(=O)OC(C)(C)C. The Bertz CT molecular complexity index is 505. The van der Waals surface area contributed by atoms with Crippen LogP contribution in [-0.4, -0.2) is 23.5 Å². The van der Waals surface area contributed by atoms with Crippen molar-refractivity contribution in [3.05, 3.63) is 34.1 Å². The fourth-order valence-electron chi connectivity index (χ4n) is 1.43. The summed E-state index contributed by atoms with van der Waals surface area (Å²) in [7, 11) is 0. The first kappa shape index (κ1) is 16.6. The highest BCUT2D eigenvalue weighted by molar-refractivity contribution is 9.10. The third-order valence-electron chi connectivity index (χ3n) is 2.30. The summed E-state index contributed by atoms with van der Waals surface area (Å²) in [6, 6.07) is 3.34. The molecule has 0 unspecified atom stereocenters. The highest BCUT2D eigenvalue weighted by Gasteiger charge is 2.25. The van der Waals surface area contributed by atoms with Gasteiger partial charge in [-0.05, 0) is 55.8 Å². The molecule has 0 aliphatic carbocycles. The predicted molar refractivity (Wildman–Crippen MR) is 76.9 cm³/mol. The predicted octanol–water partition coefficient (Wildman–Crippen LogP) is 3.05. The average Bonchev–Trinajstić information content (AvgIpc) is 2.26. The van der Waals surface area contributed by atoms with Gasteiger partial charge < -0.3 is 10.1 Å². The molecular weight excluding hydrogens is 329 g/mol. The molecule has 0 spiro atoms. The summed E-state index contributed by atoms with van der Waals surface area (Å²) in [5.74, 6) is -1.90. The number of carbonyl (C=O) groups is 2. The summed E-state index contributed by atoms with van der Waals surface area (Å²) < 4.78 is 19.1. The van der Waals surface area contributed by atoms with Gasteiger partial charge in [0.25, 0.3) is 5.91 Å². The largest absolute Gasteiger partial charge is 0.458 e. The zero-order chi connectivity index (χ0) is 15.5. The van der Waals surface area contributed by atoms with E-state index < -0.39 is 29.3 Å². The number of ether oxygens (including phenoxy) is 1. The van der Waals surface area contributed by atoms with Crippen molar-refractivity contribution in [2.75, 3.05) is 0 Å². The number of nitrogens with one attached hydrogen (secondary N) is 1. The summed E-state index contributed by atoms with van der Waals surface area (Å²) in [6.07, 6.45) is 0. The highest BCUT2D eigenvalue weighted by Crippen LogP contribution is 2.19. The lowest BCUT2D eigenvalue weighted by Crippen LogP contribution is -2.42. The smallest absolute Gasteiger partial charge is 0.328 e. The molecular formula is C14H17BrFNO3. The number of carbonyl (C=O) groups excluding carboxylic acids is 2. The van der Waals surface area contributed by atoms with Crippen molar-refractivity contribution in [1.29, 1.82) is 0 Å². The molecule has 1 amide bonds. The van der Waals surface area contributed by atoms with E-state index >= 15 is 0 Å². The van der Waals surface area contributed by atoms with Crippen LogP contribution in [0.25, 0.3) is 0 Å². The standard InChI is InChI=1S/C14H17BrFNO3/c1-8(13(19)20-14(2,3)4)17-12(18)11-9(15)6-5-7-10(11)16/h5-8H,1-4H3,(H,17,18)/t8-/m0/s1. The first-order chi connectivity index (χ1) is 9.11. The van der Waals surface area contributed by atoms with Crippen LogP contribution >= 0.6 is 15.9 Å². The number of hydrogen-bond donors (Lipinski definition) is 1. The molecule has 4 nitrogen and oxygen atoms in total. The summed E-state index contributed by atoms with van der Waals surface area (Å²) >= 11 is 3.11. The number of rotatable bonds is 3. The van der Waals surface area contributed by atoms with Crippen molar-refractivity contribution in [2.24, 2.45) is 0 Å². The molecule has 0 bridgehead atoms. The maximum atomic E-state index is 13.6. The van der Waals surface area contributed by atoms with Crippen molar-refractivity contribution in [2.45, 2.75) is 39.3 Å². The molecule has 0 aliphatic rings. The summed E-state index contributed by atoms with van der Waals surface area (Å²) in [6.45, 7) is 6.67. The fraction of sp³-hybridized carbons (Fsp3) is 0.429. The van der Waals surface area contributed by atoms with Gasteiger partial charge in [0, 0.05) is 4.47 Å². The summed E-state index contributed by atoms with van der Waals surface area (Å²) in [4.78, 5) is 23.7. The summed E-state index contributed by atoms with van der Waals surface area (Å²) in [5.41, 5.74) is -0.780. The Kier molecular flexibility index (Phi) is 5.28. The van der Waals surface area contributed by atoms with Gasteiger partial charge in [0.1, 0.15) is 17.5 Å². The zero-order valence-corrected chi connectivity index (χ0v) is 13.4. The van der Waals surface area contributed by atoms with Crippen LogP contribution in [0.2, 0.25) is 0 Å². The Labute approximate surface area is 125 Å². The second-order valence-electron chi connectivity index (χ2n) is 5.33. The lowest BCUT2D eigenvalue weighted by molar-refractivity contribution is -0.156. The van der Waals surface area contributed by atoms with Gasteiger partial charge in [-0.25, -0.2) is 9.18 Å². The van der Waals surface area contributed by atoms with Gasteiger partial charge in [0.2, 0.25) is 0 Å². The van der Waals surface area contributed by atoms with Crippen molar-refractivity contribution in [3.63, 3.8) is 0 Å². The minimum atomic E-state index is -0.867. The van der Waals surface area contributed by atoms with E-state index in [2.05, 4.69) is 21.2 Å². The van der Waals surface area contributed by atoms with Crippen LogP contribution in [0.15, 0.2) is 22.7 Å². The van der Waals surface area contributed by atoms with Gasteiger partial charge in [0.05, 0.1) is 5.56 Å². The highest BCUT2D eigenvalue weighted by atomic mass is 79.9. The van der Waals surface area contributed by atoms with Gasteiger partial charge >= 0.3 is 5.97 Å². The molecule has 0 fully saturated rings. The van der Waals surface area contributed by atoms with Crippen LogP contribution in [0.4, 0.5) is 4.39 Å². The van der Waals surface area contributed by atoms with E-state index in [-0.39, 0.29) is 5.56 Å². The molecule has 6 heteroatoms. The quantitative estimate of drug-likeness (QED) is 0.856. The molecule has 110 valence electrons. The van der Waals surface area contributed by atoms with Crippen molar-refractivity contribution in [1.82, 2.24) is 5.32 Å². The molecule has 0 heterocycles. The van der Waals surface area contributed by atoms with Gasteiger partial charge in [-0.2, -0.15) is 0 Å². The van der Waals surface area contributed by atoms with Crippen LogP contribution in [0.3, 0.4) is 0 Å². The van der Waals surface area contributed by atoms with E-state index in [0.717, 1.165) is 0 Å². The Morgan fingerprint density at radius 2 is 1.95 bits per heavy atom. The fourth-order valence-corrected chi connectivity index (χ4v) is 1.95. The first-order valence-corrected chi connectivity index (χ1v) is 6.89. The Hall–Kier alpha value is -1.43. The lowest BCUT2D eigenvalue weighted by atomic mass is 10.1. The summed E-state index contributed by atoms with van der Waals surface area (Å²) in [5, 5.41) is 2.42. The third kappa shape index (κ3) is 4.59. The van der Waals surface area contributed by atoms with Gasteiger partial charge in [-0.1, -0.05) is 6.07 Å². The van der Waals surface area contributed by atoms with E-state index in [0.29, 0.717) is 4.47 Å². The number of esters is 1. The van der Waals surface area contributed by atoms with Crippen LogP contribution < -0.4 is 5.32 Å².